The van der Waals surface area contributed by atoms with Gasteiger partial charge in [0.25, 0.3) is 0 Å². The summed E-state index contributed by atoms with van der Waals surface area (Å²) in [6.07, 6.45) is 1.88. The summed E-state index contributed by atoms with van der Waals surface area (Å²) in [6, 6.07) is 10.5. The highest BCUT2D eigenvalue weighted by Gasteiger charge is 2.28. The molecular weight excluding hydrogens is 276 g/mol. The van der Waals surface area contributed by atoms with E-state index in [4.69, 9.17) is 4.74 Å². The van der Waals surface area contributed by atoms with E-state index in [0.29, 0.717) is 18.6 Å². The molecule has 4 nitrogen and oxygen atoms in total. The molecule has 0 saturated carbocycles. The zero-order valence-electron chi connectivity index (χ0n) is 13.9. The average Bonchev–Trinajstić information content (AvgIpc) is 2.53. The van der Waals surface area contributed by atoms with Gasteiger partial charge in [0.1, 0.15) is 6.61 Å². The Morgan fingerprint density at radius 1 is 1.32 bits per heavy atom. The van der Waals surface area contributed by atoms with Crippen molar-refractivity contribution < 1.29 is 9.53 Å². The Kier molecular flexibility index (Phi) is 6.25. The molecular formula is C18H28N2O2. The van der Waals surface area contributed by atoms with Crippen molar-refractivity contribution in [1.82, 2.24) is 10.2 Å². The molecule has 1 aromatic rings. The van der Waals surface area contributed by atoms with Gasteiger partial charge >= 0.3 is 6.09 Å². The quantitative estimate of drug-likeness (QED) is 0.906. The van der Waals surface area contributed by atoms with Gasteiger partial charge in [-0.05, 0) is 31.7 Å². The summed E-state index contributed by atoms with van der Waals surface area (Å²) in [6.45, 7) is 9.01. The predicted octanol–water partition coefficient (Wildman–Crippen LogP) is 3.42. The van der Waals surface area contributed by atoms with Crippen LogP contribution < -0.4 is 5.32 Å². The largest absolute Gasteiger partial charge is 0.445 e. The summed E-state index contributed by atoms with van der Waals surface area (Å²) >= 11 is 0. The van der Waals surface area contributed by atoms with Gasteiger partial charge in [0, 0.05) is 25.2 Å². The van der Waals surface area contributed by atoms with Gasteiger partial charge < -0.3 is 10.1 Å². The van der Waals surface area contributed by atoms with Crippen molar-refractivity contribution in [1.29, 1.82) is 0 Å². The second-order valence-corrected chi connectivity index (χ2v) is 6.46. The van der Waals surface area contributed by atoms with E-state index in [2.05, 4.69) is 31.0 Å². The third-order valence-electron chi connectivity index (χ3n) is 4.41. The number of likely N-dealkylation sites (tertiary alicyclic amines) is 1. The summed E-state index contributed by atoms with van der Waals surface area (Å²) in [5, 5.41) is 3.04. The maximum Gasteiger partial charge on any atom is 0.407 e. The van der Waals surface area contributed by atoms with Gasteiger partial charge in [-0.15, -0.1) is 0 Å². The molecule has 2 rings (SSSR count). The fourth-order valence-electron chi connectivity index (χ4n) is 2.99. The Morgan fingerprint density at radius 2 is 2.05 bits per heavy atom. The van der Waals surface area contributed by atoms with Crippen LogP contribution in [0.3, 0.4) is 0 Å². The molecule has 1 aliphatic rings. The number of hydrogen-bond donors (Lipinski definition) is 1. The first-order valence-corrected chi connectivity index (χ1v) is 8.29. The van der Waals surface area contributed by atoms with Gasteiger partial charge in [-0.1, -0.05) is 43.7 Å². The van der Waals surface area contributed by atoms with E-state index in [-0.39, 0.29) is 12.1 Å². The minimum atomic E-state index is -0.311. The lowest BCUT2D eigenvalue weighted by molar-refractivity contribution is 0.0944. The number of carbonyl (C=O) groups is 1. The van der Waals surface area contributed by atoms with Gasteiger partial charge in [0.15, 0.2) is 0 Å². The highest BCUT2D eigenvalue weighted by atomic mass is 16.5. The number of amides is 1. The van der Waals surface area contributed by atoms with Crippen LogP contribution in [-0.2, 0) is 11.3 Å². The minimum absolute atomic E-state index is 0.185. The monoisotopic (exact) mass is 304 g/mol. The average molecular weight is 304 g/mol. The second kappa shape index (κ2) is 8.18. The van der Waals surface area contributed by atoms with Crippen molar-refractivity contribution in [2.24, 2.45) is 5.92 Å². The fourth-order valence-corrected chi connectivity index (χ4v) is 2.99. The van der Waals surface area contributed by atoms with Crippen molar-refractivity contribution in [2.75, 3.05) is 13.1 Å². The molecule has 1 fully saturated rings. The van der Waals surface area contributed by atoms with E-state index in [1.807, 2.05) is 30.3 Å². The van der Waals surface area contributed by atoms with Gasteiger partial charge in [-0.25, -0.2) is 4.79 Å². The zero-order valence-corrected chi connectivity index (χ0v) is 13.9. The van der Waals surface area contributed by atoms with E-state index >= 15 is 0 Å². The summed E-state index contributed by atoms with van der Waals surface area (Å²) in [7, 11) is 0. The first-order valence-electron chi connectivity index (χ1n) is 8.29. The summed E-state index contributed by atoms with van der Waals surface area (Å²) < 4.78 is 5.33. The first kappa shape index (κ1) is 16.8. The van der Waals surface area contributed by atoms with Gasteiger partial charge in [0.2, 0.25) is 0 Å². The summed E-state index contributed by atoms with van der Waals surface area (Å²) in [4.78, 5) is 14.4. The molecule has 22 heavy (non-hydrogen) atoms. The Morgan fingerprint density at radius 3 is 2.68 bits per heavy atom. The van der Waals surface area contributed by atoms with E-state index < -0.39 is 0 Å². The van der Waals surface area contributed by atoms with Crippen molar-refractivity contribution in [3.8, 4) is 0 Å². The topological polar surface area (TPSA) is 41.6 Å². The van der Waals surface area contributed by atoms with Gasteiger partial charge in [-0.3, -0.25) is 4.90 Å². The molecule has 0 aromatic heterocycles. The highest BCUT2D eigenvalue weighted by molar-refractivity contribution is 5.67. The number of rotatable bonds is 5. The normalized spacial score (nSPS) is 22.5. The lowest BCUT2D eigenvalue weighted by Gasteiger charge is -2.39. The van der Waals surface area contributed by atoms with Crippen molar-refractivity contribution in [3.63, 3.8) is 0 Å². The molecule has 2 unspecified atom stereocenters. The van der Waals surface area contributed by atoms with Crippen molar-refractivity contribution in [2.45, 2.75) is 52.3 Å². The number of benzene rings is 1. The molecule has 122 valence electrons. The van der Waals surface area contributed by atoms with E-state index in [9.17, 15) is 4.79 Å². The molecule has 1 amide bonds. The van der Waals surface area contributed by atoms with Crippen LogP contribution in [-0.4, -0.2) is 36.2 Å². The summed E-state index contributed by atoms with van der Waals surface area (Å²) in [5.41, 5.74) is 1.01. The number of carbonyl (C=O) groups excluding carboxylic acids is 1. The SMILES string of the molecule is CCC1CC(NC(=O)OCc2ccccc2)CN(C(C)C)C1. The smallest absolute Gasteiger partial charge is 0.407 e. The second-order valence-electron chi connectivity index (χ2n) is 6.46. The fraction of sp³-hybridized carbons (Fsp3) is 0.611. The molecule has 0 aliphatic carbocycles. The molecule has 0 spiro atoms. The first-order chi connectivity index (χ1) is 10.6. The molecule has 0 bridgehead atoms. The van der Waals surface area contributed by atoms with Gasteiger partial charge in [-0.2, -0.15) is 0 Å². The minimum Gasteiger partial charge on any atom is -0.445 e. The predicted molar refractivity (Wildman–Crippen MR) is 88.7 cm³/mol. The van der Waals surface area contributed by atoms with Crippen LogP contribution in [0.4, 0.5) is 4.79 Å². The summed E-state index contributed by atoms with van der Waals surface area (Å²) in [5.74, 6) is 0.649. The lowest BCUT2D eigenvalue weighted by atomic mass is 9.91. The van der Waals surface area contributed by atoms with Crippen LogP contribution in [0.25, 0.3) is 0 Å². The van der Waals surface area contributed by atoms with Crippen LogP contribution >= 0.6 is 0 Å². The van der Waals surface area contributed by atoms with Crippen LogP contribution in [0.5, 0.6) is 0 Å². The molecule has 0 radical (unpaired) electrons. The number of nitrogens with zero attached hydrogens (tertiary/aromatic N) is 1. The molecule has 1 aromatic carbocycles. The number of alkyl carbamates (subject to hydrolysis) is 1. The molecule has 1 saturated heterocycles. The standard InChI is InChI=1S/C18H28N2O2/c1-4-15-10-17(12-20(11-15)14(2)3)19-18(21)22-13-16-8-6-5-7-9-16/h5-9,14-15,17H,4,10-13H2,1-3H3,(H,19,21). The van der Waals surface area contributed by atoms with Crippen LogP contribution in [0.15, 0.2) is 30.3 Å². The Labute approximate surface area is 133 Å². The number of ether oxygens (including phenoxy) is 1. The van der Waals surface area contributed by atoms with Crippen molar-refractivity contribution in [3.05, 3.63) is 35.9 Å². The highest BCUT2D eigenvalue weighted by Crippen LogP contribution is 2.21. The Hall–Kier alpha value is -1.55. The zero-order chi connectivity index (χ0) is 15.9. The maximum atomic E-state index is 12.0. The van der Waals surface area contributed by atoms with Crippen molar-refractivity contribution >= 4 is 6.09 Å². The van der Waals surface area contributed by atoms with Crippen LogP contribution in [0.2, 0.25) is 0 Å². The third kappa shape index (κ3) is 5.02. The van der Waals surface area contributed by atoms with Crippen LogP contribution in [0.1, 0.15) is 39.2 Å². The molecule has 1 N–H and O–H groups in total. The molecule has 1 aliphatic heterocycles. The number of piperidine rings is 1. The molecule has 1 heterocycles. The third-order valence-corrected chi connectivity index (χ3v) is 4.41. The maximum absolute atomic E-state index is 12.0. The van der Waals surface area contributed by atoms with Crippen LogP contribution in [0, 0.1) is 5.92 Å². The van der Waals surface area contributed by atoms with E-state index in [1.54, 1.807) is 0 Å². The Bertz CT molecular complexity index is 461. The molecule has 4 heteroatoms. The Balaban J connectivity index is 1.82. The van der Waals surface area contributed by atoms with Gasteiger partial charge in [0.05, 0.1) is 0 Å². The molecule has 2 atom stereocenters. The van der Waals surface area contributed by atoms with E-state index in [0.717, 1.165) is 31.5 Å². The number of nitrogens with one attached hydrogen (secondary N) is 1. The number of hydrogen-bond acceptors (Lipinski definition) is 3. The lowest BCUT2D eigenvalue weighted by Crippen LogP contribution is -2.52. The van der Waals surface area contributed by atoms with E-state index in [1.165, 1.54) is 0 Å².